The fourth-order valence-corrected chi connectivity index (χ4v) is 4.02. The minimum atomic E-state index is -1.04. The first-order valence-corrected chi connectivity index (χ1v) is 15.0. The lowest BCUT2D eigenvalue weighted by molar-refractivity contribution is -0.133. The fraction of sp³-hybridized carbons (Fsp3) is 0.750. The number of amides is 6. The monoisotopic (exact) mass is 626 g/mol. The lowest BCUT2D eigenvalue weighted by Crippen LogP contribution is -2.56. The predicted octanol–water partition coefficient (Wildman–Crippen LogP) is -2.31. The van der Waals surface area contributed by atoms with Crippen LogP contribution in [-0.4, -0.2) is 91.2 Å². The van der Waals surface area contributed by atoms with E-state index in [1.807, 2.05) is 20.8 Å². The van der Waals surface area contributed by atoms with Gasteiger partial charge in [-0.1, -0.05) is 34.6 Å². The van der Waals surface area contributed by atoms with Crippen molar-refractivity contribution in [3.63, 3.8) is 0 Å². The lowest BCUT2D eigenvalue weighted by Gasteiger charge is -2.24. The molecule has 0 heterocycles. The summed E-state index contributed by atoms with van der Waals surface area (Å²) in [5, 5.41) is 15.4. The summed E-state index contributed by atoms with van der Waals surface area (Å²) >= 11 is 0. The molecule has 6 amide bonds. The minimum Gasteiger partial charge on any atom is -0.370 e. The number of nitrogens with zero attached hydrogens (tertiary/aromatic N) is 1. The maximum atomic E-state index is 13.1. The Labute approximate surface area is 260 Å². The van der Waals surface area contributed by atoms with E-state index in [-0.39, 0.29) is 43.3 Å². The molecule has 252 valence electrons. The zero-order valence-corrected chi connectivity index (χ0v) is 27.1. The highest BCUT2D eigenvalue weighted by molar-refractivity contribution is 5.94. The van der Waals surface area contributed by atoms with Gasteiger partial charge in [-0.05, 0) is 51.4 Å². The van der Waals surface area contributed by atoms with Crippen LogP contribution in [0.25, 0.3) is 0 Å². The number of nitrogens with two attached hydrogens (primary N) is 3. The zero-order chi connectivity index (χ0) is 34.0. The summed E-state index contributed by atoms with van der Waals surface area (Å²) in [6, 6.07) is -3.73. The highest BCUT2D eigenvalue weighted by Gasteiger charge is 2.27. The standard InChI is InChI=1S/C28H54N10O6/c1-8-19(25(42)35-17(6)12-15(2)3)38-26(43)20(10-9-11-32-28(30)31)37-22(40)14-33-24(41)18(7)36-21(39)13-34-27(44)23(29)16(4)5/h15-20,23H,8-14,29H2,1-7H3,(H,33,41)(H,34,44)(H,35,42)(H,36,39)(H,37,40)(H,38,43)(H4,30,31,32). The van der Waals surface area contributed by atoms with Crippen LogP contribution in [-0.2, 0) is 28.8 Å². The molecule has 0 aromatic carbocycles. The van der Waals surface area contributed by atoms with Crippen LogP contribution in [0.5, 0.6) is 0 Å². The Morgan fingerprint density at radius 1 is 0.705 bits per heavy atom. The van der Waals surface area contributed by atoms with Crippen LogP contribution in [0.4, 0.5) is 0 Å². The largest absolute Gasteiger partial charge is 0.370 e. The lowest BCUT2D eigenvalue weighted by atomic mass is 10.0. The molecule has 0 saturated carbocycles. The van der Waals surface area contributed by atoms with E-state index in [9.17, 15) is 28.8 Å². The van der Waals surface area contributed by atoms with Gasteiger partial charge in [0.2, 0.25) is 35.4 Å². The molecule has 0 rings (SSSR count). The van der Waals surface area contributed by atoms with Crippen molar-refractivity contribution in [2.75, 3.05) is 19.6 Å². The Hall–Kier alpha value is -3.95. The number of carbonyl (C=O) groups excluding carboxylic acids is 6. The number of hydrogen-bond acceptors (Lipinski definition) is 8. The molecule has 0 aromatic rings. The summed E-state index contributed by atoms with van der Waals surface area (Å²) in [5.41, 5.74) is 16.4. The van der Waals surface area contributed by atoms with Crippen LogP contribution < -0.4 is 49.1 Å². The van der Waals surface area contributed by atoms with E-state index in [1.54, 1.807) is 20.8 Å². The molecule has 0 aliphatic carbocycles. The van der Waals surface area contributed by atoms with Crippen LogP contribution in [0, 0.1) is 11.8 Å². The second-order valence-corrected chi connectivity index (χ2v) is 11.6. The van der Waals surface area contributed by atoms with Gasteiger partial charge in [0.25, 0.3) is 0 Å². The van der Waals surface area contributed by atoms with Gasteiger partial charge in [-0.3, -0.25) is 33.8 Å². The van der Waals surface area contributed by atoms with Gasteiger partial charge in [-0.15, -0.1) is 0 Å². The van der Waals surface area contributed by atoms with Gasteiger partial charge in [0.15, 0.2) is 5.96 Å². The van der Waals surface area contributed by atoms with Crippen molar-refractivity contribution in [1.29, 1.82) is 0 Å². The SMILES string of the molecule is CCC(NC(=O)C(CCCN=C(N)N)NC(=O)CNC(=O)C(C)NC(=O)CNC(=O)C(N)C(C)C)C(=O)NC(C)CC(C)C. The molecule has 0 fully saturated rings. The number of guanidine groups is 1. The molecule has 0 saturated heterocycles. The van der Waals surface area contributed by atoms with Crippen molar-refractivity contribution in [1.82, 2.24) is 31.9 Å². The van der Waals surface area contributed by atoms with Crippen LogP contribution in [0.15, 0.2) is 4.99 Å². The normalized spacial score (nSPS) is 14.3. The maximum absolute atomic E-state index is 13.1. The van der Waals surface area contributed by atoms with Gasteiger partial charge in [0, 0.05) is 12.6 Å². The Morgan fingerprint density at radius 3 is 1.77 bits per heavy atom. The van der Waals surface area contributed by atoms with Gasteiger partial charge in [-0.2, -0.15) is 0 Å². The number of rotatable bonds is 20. The fourth-order valence-electron chi connectivity index (χ4n) is 4.02. The van der Waals surface area contributed by atoms with Crippen LogP contribution in [0.2, 0.25) is 0 Å². The van der Waals surface area contributed by atoms with Crippen molar-refractivity contribution in [3.8, 4) is 0 Å². The molecule has 0 aromatic heterocycles. The average Bonchev–Trinajstić information content (AvgIpc) is 2.93. The first kappa shape index (κ1) is 40.1. The third-order valence-corrected chi connectivity index (χ3v) is 6.49. The van der Waals surface area contributed by atoms with E-state index in [0.717, 1.165) is 6.42 Å². The predicted molar refractivity (Wildman–Crippen MR) is 168 cm³/mol. The summed E-state index contributed by atoms with van der Waals surface area (Å²) in [6.07, 6.45) is 1.60. The van der Waals surface area contributed by atoms with Gasteiger partial charge >= 0.3 is 0 Å². The second kappa shape index (κ2) is 20.9. The third-order valence-electron chi connectivity index (χ3n) is 6.49. The summed E-state index contributed by atoms with van der Waals surface area (Å²) in [4.78, 5) is 79.0. The molecule has 0 aliphatic rings. The van der Waals surface area contributed by atoms with E-state index in [2.05, 4.69) is 36.9 Å². The number of hydrogen-bond donors (Lipinski definition) is 9. The van der Waals surface area contributed by atoms with Crippen molar-refractivity contribution in [3.05, 3.63) is 0 Å². The summed E-state index contributed by atoms with van der Waals surface area (Å²) in [7, 11) is 0. The van der Waals surface area contributed by atoms with Crippen LogP contribution >= 0.6 is 0 Å². The molecular formula is C28H54N10O6. The molecule has 16 heteroatoms. The Bertz CT molecular complexity index is 999. The highest BCUT2D eigenvalue weighted by Crippen LogP contribution is 2.06. The number of carbonyl (C=O) groups is 6. The number of aliphatic imine (C=N–C) groups is 1. The van der Waals surface area contributed by atoms with Gasteiger partial charge in [-0.25, -0.2) is 0 Å². The van der Waals surface area contributed by atoms with E-state index >= 15 is 0 Å². The highest BCUT2D eigenvalue weighted by atomic mass is 16.2. The quantitative estimate of drug-likeness (QED) is 0.0399. The van der Waals surface area contributed by atoms with Crippen LogP contribution in [0.3, 0.4) is 0 Å². The average molecular weight is 627 g/mol. The zero-order valence-electron chi connectivity index (χ0n) is 27.1. The third kappa shape index (κ3) is 17.2. The van der Waals surface area contributed by atoms with E-state index in [4.69, 9.17) is 17.2 Å². The second-order valence-electron chi connectivity index (χ2n) is 11.6. The molecule has 0 aliphatic heterocycles. The molecule has 0 radical (unpaired) electrons. The molecule has 5 unspecified atom stereocenters. The van der Waals surface area contributed by atoms with Crippen LogP contribution in [0.1, 0.15) is 74.1 Å². The Morgan fingerprint density at radius 2 is 1.25 bits per heavy atom. The van der Waals surface area contributed by atoms with Gasteiger partial charge in [0.1, 0.15) is 18.1 Å². The van der Waals surface area contributed by atoms with E-state index in [0.29, 0.717) is 18.8 Å². The maximum Gasteiger partial charge on any atom is 0.243 e. The van der Waals surface area contributed by atoms with Gasteiger partial charge < -0.3 is 49.1 Å². The van der Waals surface area contributed by atoms with Crippen molar-refractivity contribution >= 4 is 41.4 Å². The summed E-state index contributed by atoms with van der Waals surface area (Å²) in [5.74, 6) is -3.20. The minimum absolute atomic E-state index is 0.0822. The molecule has 0 spiro atoms. The molecular weight excluding hydrogens is 572 g/mol. The molecule has 16 nitrogen and oxygen atoms in total. The molecule has 0 bridgehead atoms. The van der Waals surface area contributed by atoms with Crippen molar-refractivity contribution in [2.45, 2.75) is 104 Å². The smallest absolute Gasteiger partial charge is 0.243 e. The van der Waals surface area contributed by atoms with Crippen molar-refractivity contribution < 1.29 is 28.8 Å². The summed E-state index contributed by atoms with van der Waals surface area (Å²) < 4.78 is 0. The first-order chi connectivity index (χ1) is 20.5. The molecule has 5 atom stereocenters. The van der Waals surface area contributed by atoms with Gasteiger partial charge in [0.05, 0.1) is 19.1 Å². The Kier molecular flexibility index (Phi) is 19.0. The van der Waals surface area contributed by atoms with Crippen molar-refractivity contribution in [2.24, 2.45) is 34.0 Å². The van der Waals surface area contributed by atoms with E-state index in [1.165, 1.54) is 6.92 Å². The topological polar surface area (TPSA) is 265 Å². The van der Waals surface area contributed by atoms with E-state index < -0.39 is 60.2 Å². The number of nitrogens with one attached hydrogen (secondary N) is 6. The molecule has 44 heavy (non-hydrogen) atoms. The first-order valence-electron chi connectivity index (χ1n) is 15.0. The Balaban J connectivity index is 5.12. The summed E-state index contributed by atoms with van der Waals surface area (Å²) in [6.45, 7) is 12.0. The molecule has 12 N–H and O–H groups in total.